The van der Waals surface area contributed by atoms with Crippen LogP contribution in [0.3, 0.4) is 0 Å². The number of hydrogen-bond donors (Lipinski definition) is 2. The van der Waals surface area contributed by atoms with Crippen LogP contribution in [0.25, 0.3) is 0 Å². The molecule has 0 aromatic rings. The molecule has 0 saturated heterocycles. The third-order valence-electron chi connectivity index (χ3n) is 0.930. The van der Waals surface area contributed by atoms with Gasteiger partial charge in [-0.15, -0.1) is 0 Å². The van der Waals surface area contributed by atoms with Crippen LogP contribution in [0, 0.1) is 0 Å². The molecule has 0 fully saturated rings. The highest BCUT2D eigenvalue weighted by Gasteiger charge is 2.07. The maximum atomic E-state index is 10.6. The highest BCUT2D eigenvalue weighted by molar-refractivity contribution is 7.89. The first-order valence-corrected chi connectivity index (χ1v) is 4.23. The monoisotopic (exact) mass is 148 g/mol. The second kappa shape index (κ2) is 2.47. The van der Waals surface area contributed by atoms with Crippen LogP contribution < -0.4 is 10.3 Å². The van der Waals surface area contributed by atoms with Gasteiger partial charge in [0.2, 0.25) is 10.0 Å². The fourth-order valence-corrected chi connectivity index (χ4v) is 1.31. The number of rotatable bonds is 0. The Labute approximate surface area is 54.0 Å². The second-order valence-corrected chi connectivity index (χ2v) is 3.50. The van der Waals surface area contributed by atoms with Gasteiger partial charge in [-0.1, -0.05) is 12.2 Å². The van der Waals surface area contributed by atoms with Crippen molar-refractivity contribution in [2.45, 2.75) is 0 Å². The van der Waals surface area contributed by atoms with Crippen molar-refractivity contribution in [1.29, 1.82) is 0 Å². The Hall–Kier alpha value is -0.390. The molecule has 2 N–H and O–H groups in total. The van der Waals surface area contributed by atoms with Gasteiger partial charge in [0, 0.05) is 6.54 Å². The fraction of sp³-hybridized carbons (Fsp3) is 0.500. The normalized spacial score (nSPS) is 25.3. The Bertz CT molecular complexity index is 207. The molecule has 0 atom stereocenters. The summed E-state index contributed by atoms with van der Waals surface area (Å²) in [6.45, 7) is 0.555. The van der Waals surface area contributed by atoms with Crippen LogP contribution in [-0.4, -0.2) is 20.7 Å². The van der Waals surface area contributed by atoms with E-state index in [4.69, 9.17) is 0 Å². The minimum Gasteiger partial charge on any atom is -0.240 e. The average Bonchev–Trinajstić information content (AvgIpc) is 1.92. The molecular formula is C4H8N2O2S. The lowest BCUT2D eigenvalue weighted by atomic mass is 10.5. The summed E-state index contributed by atoms with van der Waals surface area (Å²) in [4.78, 5) is 2.18. The van der Waals surface area contributed by atoms with Crippen molar-refractivity contribution >= 4 is 10.0 Å². The third kappa shape index (κ3) is 2.13. The van der Waals surface area contributed by atoms with Crippen LogP contribution in [0.5, 0.6) is 0 Å². The molecule has 4 nitrogen and oxygen atoms in total. The molecule has 1 aliphatic heterocycles. The van der Waals surface area contributed by atoms with E-state index in [1.54, 1.807) is 12.2 Å². The summed E-state index contributed by atoms with van der Waals surface area (Å²) in [6, 6.07) is 0. The molecule has 52 valence electrons. The predicted octanol–water partition coefficient (Wildman–Crippen LogP) is -1.02. The average molecular weight is 148 g/mol. The molecule has 0 saturated carbocycles. The molecule has 1 heterocycles. The molecule has 0 aromatic carbocycles. The quantitative estimate of drug-likeness (QED) is 0.432. The molecule has 0 amide bonds. The summed E-state index contributed by atoms with van der Waals surface area (Å²) in [5.74, 6) is 0.0694. The molecule has 0 spiro atoms. The van der Waals surface area contributed by atoms with E-state index in [1.807, 2.05) is 0 Å². The van der Waals surface area contributed by atoms with E-state index in [1.165, 1.54) is 0 Å². The summed E-state index contributed by atoms with van der Waals surface area (Å²) >= 11 is 0. The lowest BCUT2D eigenvalue weighted by molar-refractivity contribution is 0.570. The van der Waals surface area contributed by atoms with Crippen molar-refractivity contribution in [3.63, 3.8) is 0 Å². The summed E-state index contributed by atoms with van der Waals surface area (Å²) in [5, 5.41) is 0. The smallest absolute Gasteiger partial charge is 0.227 e. The van der Waals surface area contributed by atoms with Gasteiger partial charge < -0.3 is 0 Å². The number of sulfonamides is 1. The Morgan fingerprint density at radius 3 is 2.89 bits per heavy atom. The highest BCUT2D eigenvalue weighted by atomic mass is 32.2. The largest absolute Gasteiger partial charge is 0.240 e. The van der Waals surface area contributed by atoms with Crippen LogP contribution in [-0.2, 0) is 10.0 Å². The molecule has 1 rings (SSSR count). The van der Waals surface area contributed by atoms with Gasteiger partial charge in [0.1, 0.15) is 0 Å². The maximum Gasteiger partial charge on any atom is 0.227 e. The van der Waals surface area contributed by atoms with Gasteiger partial charge in [-0.2, -0.15) is 4.83 Å². The van der Waals surface area contributed by atoms with Crippen LogP contribution in [0.15, 0.2) is 12.2 Å². The van der Waals surface area contributed by atoms with Crippen LogP contribution >= 0.6 is 0 Å². The van der Waals surface area contributed by atoms with E-state index in [-0.39, 0.29) is 5.75 Å². The minimum absolute atomic E-state index is 0.0694. The first-order valence-electron chi connectivity index (χ1n) is 2.58. The van der Waals surface area contributed by atoms with Crippen molar-refractivity contribution in [2.75, 3.05) is 12.3 Å². The fourth-order valence-electron chi connectivity index (χ4n) is 0.530. The molecule has 0 aromatic heterocycles. The molecular weight excluding hydrogens is 140 g/mol. The van der Waals surface area contributed by atoms with E-state index in [9.17, 15) is 8.42 Å². The van der Waals surface area contributed by atoms with Gasteiger partial charge in [0.15, 0.2) is 0 Å². The van der Waals surface area contributed by atoms with E-state index in [0.29, 0.717) is 6.54 Å². The van der Waals surface area contributed by atoms with E-state index >= 15 is 0 Å². The van der Waals surface area contributed by atoms with E-state index in [2.05, 4.69) is 10.3 Å². The molecule has 9 heavy (non-hydrogen) atoms. The summed E-state index contributed by atoms with van der Waals surface area (Å²) in [5.41, 5.74) is 2.51. The first-order chi connectivity index (χ1) is 4.21. The number of hydrogen-bond acceptors (Lipinski definition) is 3. The zero-order valence-corrected chi connectivity index (χ0v) is 5.61. The summed E-state index contributed by atoms with van der Waals surface area (Å²) in [6.07, 6.45) is 3.37. The second-order valence-electron chi connectivity index (χ2n) is 1.74. The lowest BCUT2D eigenvalue weighted by Gasteiger charge is -1.98. The Morgan fingerprint density at radius 2 is 2.11 bits per heavy atom. The van der Waals surface area contributed by atoms with Gasteiger partial charge in [0.05, 0.1) is 5.75 Å². The van der Waals surface area contributed by atoms with E-state index < -0.39 is 10.0 Å². The van der Waals surface area contributed by atoms with E-state index in [0.717, 1.165) is 0 Å². The Morgan fingerprint density at radius 1 is 1.33 bits per heavy atom. The molecule has 0 bridgehead atoms. The molecule has 0 radical (unpaired) electrons. The Kier molecular flexibility index (Phi) is 1.84. The van der Waals surface area contributed by atoms with Gasteiger partial charge in [-0.25, -0.2) is 13.8 Å². The van der Waals surface area contributed by atoms with Crippen LogP contribution in [0.2, 0.25) is 0 Å². The topological polar surface area (TPSA) is 58.2 Å². The molecule has 1 aliphatic rings. The molecule has 0 unspecified atom stereocenters. The maximum absolute atomic E-state index is 10.6. The highest BCUT2D eigenvalue weighted by Crippen LogP contribution is 1.86. The lowest BCUT2D eigenvalue weighted by Crippen LogP contribution is -2.36. The number of hydrazine groups is 1. The molecule has 0 aliphatic carbocycles. The minimum atomic E-state index is -3.07. The van der Waals surface area contributed by atoms with Crippen LogP contribution in [0.1, 0.15) is 0 Å². The van der Waals surface area contributed by atoms with Gasteiger partial charge >= 0.3 is 0 Å². The molecule has 5 heteroatoms. The summed E-state index contributed by atoms with van der Waals surface area (Å²) in [7, 11) is -3.07. The van der Waals surface area contributed by atoms with Crippen molar-refractivity contribution in [3.05, 3.63) is 12.2 Å². The van der Waals surface area contributed by atoms with Gasteiger partial charge in [-0.05, 0) is 0 Å². The first kappa shape index (κ1) is 6.73. The van der Waals surface area contributed by atoms with Gasteiger partial charge in [0.25, 0.3) is 0 Å². The zero-order valence-electron chi connectivity index (χ0n) is 4.79. The van der Waals surface area contributed by atoms with Crippen molar-refractivity contribution in [1.82, 2.24) is 10.3 Å². The number of nitrogens with one attached hydrogen (secondary N) is 2. The van der Waals surface area contributed by atoms with Crippen molar-refractivity contribution < 1.29 is 8.42 Å². The van der Waals surface area contributed by atoms with Crippen LogP contribution in [0.4, 0.5) is 0 Å². The summed E-state index contributed by atoms with van der Waals surface area (Å²) < 4.78 is 21.3. The van der Waals surface area contributed by atoms with Crippen molar-refractivity contribution in [3.8, 4) is 0 Å². The van der Waals surface area contributed by atoms with Gasteiger partial charge in [-0.3, -0.25) is 0 Å². The van der Waals surface area contributed by atoms with Crippen molar-refractivity contribution in [2.24, 2.45) is 0 Å². The Balaban J connectivity index is 2.70. The third-order valence-corrected chi connectivity index (χ3v) is 2.02. The standard InChI is InChI=1S/C4H8N2O2S/c7-9(8)4-2-1-3-5-6-9/h1-2,5-6H,3-4H2. The SMILES string of the molecule is O=S1(=O)CC=CCNN1. The predicted molar refractivity (Wildman–Crippen MR) is 34.1 cm³/mol. The zero-order chi connectivity index (χ0) is 6.74.